The second kappa shape index (κ2) is 7.75. The number of fused-ring (bicyclic) bond motifs is 3. The molecule has 0 radical (unpaired) electrons. The van der Waals surface area contributed by atoms with E-state index in [1.807, 2.05) is 6.07 Å². The molecule has 2 heteroatoms. The lowest BCUT2D eigenvalue weighted by molar-refractivity contribution is 1.18. The molecule has 0 aliphatic carbocycles. The molecule has 0 atom stereocenters. The Labute approximate surface area is 187 Å². The number of hydrogen-bond donors (Lipinski definition) is 1. The lowest BCUT2D eigenvalue weighted by Crippen LogP contribution is -1.94. The van der Waals surface area contributed by atoms with Crippen LogP contribution in [-0.4, -0.2) is 4.57 Å². The summed E-state index contributed by atoms with van der Waals surface area (Å²) in [5.74, 6) is 0. The largest absolute Gasteiger partial charge is 0.355 e. The summed E-state index contributed by atoms with van der Waals surface area (Å²) in [5, 5.41) is 6.10. The van der Waals surface area contributed by atoms with E-state index in [2.05, 4.69) is 131 Å². The van der Waals surface area contributed by atoms with Crippen LogP contribution in [0.2, 0.25) is 0 Å². The summed E-state index contributed by atoms with van der Waals surface area (Å²) < 4.78 is 2.36. The zero-order chi connectivity index (χ0) is 21.3. The Hall–Kier alpha value is -4.30. The van der Waals surface area contributed by atoms with Gasteiger partial charge in [0.25, 0.3) is 0 Å². The Morgan fingerprint density at radius 3 is 1.88 bits per heavy atom. The van der Waals surface area contributed by atoms with Crippen LogP contribution in [0, 0.1) is 0 Å². The number of rotatable bonds is 4. The maximum absolute atomic E-state index is 3.62. The van der Waals surface area contributed by atoms with Gasteiger partial charge in [0.2, 0.25) is 0 Å². The van der Waals surface area contributed by atoms with Crippen molar-refractivity contribution >= 4 is 33.2 Å². The van der Waals surface area contributed by atoms with E-state index in [-0.39, 0.29) is 0 Å². The van der Waals surface area contributed by atoms with Crippen molar-refractivity contribution in [2.24, 2.45) is 0 Å². The highest BCUT2D eigenvalue weighted by atomic mass is 15.0. The number of nitrogens with one attached hydrogen (secondary N) is 1. The van der Waals surface area contributed by atoms with Crippen molar-refractivity contribution in [3.05, 3.63) is 127 Å². The number of hydrogen-bond acceptors (Lipinski definition) is 1. The maximum atomic E-state index is 3.62. The highest BCUT2D eigenvalue weighted by Crippen LogP contribution is 2.37. The van der Waals surface area contributed by atoms with Gasteiger partial charge in [-0.05, 0) is 53.6 Å². The van der Waals surface area contributed by atoms with E-state index in [0.29, 0.717) is 0 Å². The molecule has 0 aliphatic rings. The van der Waals surface area contributed by atoms with Gasteiger partial charge in [0, 0.05) is 27.8 Å². The van der Waals surface area contributed by atoms with Crippen molar-refractivity contribution in [3.63, 3.8) is 0 Å². The van der Waals surface area contributed by atoms with E-state index in [1.165, 1.54) is 32.9 Å². The highest BCUT2D eigenvalue weighted by Gasteiger charge is 2.15. The van der Waals surface area contributed by atoms with E-state index >= 15 is 0 Å². The molecule has 0 saturated carbocycles. The predicted molar refractivity (Wildman–Crippen MR) is 136 cm³/mol. The van der Waals surface area contributed by atoms with Gasteiger partial charge in [0.1, 0.15) is 0 Å². The number of aromatic nitrogens is 1. The van der Waals surface area contributed by atoms with Crippen LogP contribution in [0.4, 0.5) is 11.4 Å². The molecule has 0 unspecified atom stereocenters. The first-order valence-corrected chi connectivity index (χ1v) is 10.9. The second-order valence-electron chi connectivity index (χ2n) is 7.96. The predicted octanol–water partition coefficient (Wildman–Crippen LogP) is 8.19. The lowest BCUT2D eigenvalue weighted by Gasteiger charge is -2.11. The molecule has 0 aliphatic heterocycles. The molecule has 0 bridgehead atoms. The van der Waals surface area contributed by atoms with Gasteiger partial charge in [-0.15, -0.1) is 0 Å². The molecule has 0 amide bonds. The summed E-state index contributed by atoms with van der Waals surface area (Å²) >= 11 is 0. The first-order chi connectivity index (χ1) is 15.9. The smallest absolute Gasteiger partial charge is 0.0562 e. The van der Waals surface area contributed by atoms with Crippen LogP contribution in [0.15, 0.2) is 127 Å². The van der Waals surface area contributed by atoms with Crippen LogP contribution in [0.1, 0.15) is 0 Å². The number of para-hydroxylation sites is 2. The molecule has 6 rings (SSSR count). The minimum atomic E-state index is 1.09. The fourth-order valence-electron chi connectivity index (χ4n) is 4.51. The minimum Gasteiger partial charge on any atom is -0.355 e. The third-order valence-corrected chi connectivity index (χ3v) is 5.98. The van der Waals surface area contributed by atoms with Crippen LogP contribution < -0.4 is 5.32 Å². The third-order valence-electron chi connectivity index (χ3n) is 5.98. The van der Waals surface area contributed by atoms with E-state index < -0.39 is 0 Å². The van der Waals surface area contributed by atoms with Gasteiger partial charge in [-0.25, -0.2) is 0 Å². The van der Waals surface area contributed by atoms with E-state index in [0.717, 1.165) is 17.1 Å². The van der Waals surface area contributed by atoms with Crippen molar-refractivity contribution in [2.75, 3.05) is 5.32 Å². The molecule has 1 heterocycles. The molecular formula is C30H22N2. The Morgan fingerprint density at radius 2 is 1.09 bits per heavy atom. The molecular weight excluding hydrogens is 388 g/mol. The van der Waals surface area contributed by atoms with Crippen molar-refractivity contribution in [1.29, 1.82) is 0 Å². The molecule has 0 fully saturated rings. The van der Waals surface area contributed by atoms with Gasteiger partial charge in [0.05, 0.1) is 11.0 Å². The van der Waals surface area contributed by atoms with Crippen LogP contribution in [-0.2, 0) is 0 Å². The van der Waals surface area contributed by atoms with Gasteiger partial charge in [-0.1, -0.05) is 84.9 Å². The molecule has 0 spiro atoms. The normalized spacial score (nSPS) is 11.1. The number of anilines is 2. The lowest BCUT2D eigenvalue weighted by atomic mass is 10.1. The zero-order valence-corrected chi connectivity index (χ0v) is 17.6. The van der Waals surface area contributed by atoms with Gasteiger partial charge in [0.15, 0.2) is 0 Å². The Kier molecular flexibility index (Phi) is 4.47. The second-order valence-corrected chi connectivity index (χ2v) is 7.96. The quantitative estimate of drug-likeness (QED) is 0.310. The van der Waals surface area contributed by atoms with Crippen molar-refractivity contribution in [3.8, 4) is 16.8 Å². The van der Waals surface area contributed by atoms with Crippen LogP contribution in [0.5, 0.6) is 0 Å². The molecule has 1 N–H and O–H groups in total. The number of benzene rings is 5. The summed E-state index contributed by atoms with van der Waals surface area (Å²) in [6, 6.07) is 44.8. The summed E-state index contributed by atoms with van der Waals surface area (Å²) in [6.07, 6.45) is 0. The minimum absolute atomic E-state index is 1.09. The topological polar surface area (TPSA) is 17.0 Å². The van der Waals surface area contributed by atoms with Crippen molar-refractivity contribution < 1.29 is 0 Å². The standard InChI is InChI=1S/C30H22N2/c1-3-10-22(11-4-1)23-18-20-25(21-19-23)32-28-16-8-7-14-26(28)30-27(15-9-17-29(30)32)31-24-12-5-2-6-13-24/h1-21,31H. The number of nitrogens with zero attached hydrogens (tertiary/aromatic N) is 1. The highest BCUT2D eigenvalue weighted by molar-refractivity contribution is 6.15. The van der Waals surface area contributed by atoms with Crippen molar-refractivity contribution in [1.82, 2.24) is 4.57 Å². The monoisotopic (exact) mass is 410 g/mol. The summed E-state index contributed by atoms with van der Waals surface area (Å²) in [7, 11) is 0. The third kappa shape index (κ3) is 3.14. The van der Waals surface area contributed by atoms with Gasteiger partial charge in [-0.3, -0.25) is 0 Å². The average molecular weight is 411 g/mol. The zero-order valence-electron chi connectivity index (χ0n) is 17.6. The van der Waals surface area contributed by atoms with Crippen LogP contribution in [0.3, 0.4) is 0 Å². The van der Waals surface area contributed by atoms with Crippen LogP contribution in [0.25, 0.3) is 38.6 Å². The average Bonchev–Trinajstić information content (AvgIpc) is 3.21. The molecule has 2 nitrogen and oxygen atoms in total. The summed E-state index contributed by atoms with van der Waals surface area (Å²) in [6.45, 7) is 0. The molecule has 6 aromatic rings. The fraction of sp³-hybridized carbons (Fsp3) is 0. The SMILES string of the molecule is c1ccc(Nc2cccc3c2c2ccccc2n3-c2ccc(-c3ccccc3)cc2)cc1. The van der Waals surface area contributed by atoms with Crippen LogP contribution >= 0.6 is 0 Å². The van der Waals surface area contributed by atoms with E-state index in [4.69, 9.17) is 0 Å². The van der Waals surface area contributed by atoms with Gasteiger partial charge >= 0.3 is 0 Å². The molecule has 0 saturated heterocycles. The van der Waals surface area contributed by atoms with Gasteiger partial charge < -0.3 is 9.88 Å². The summed E-state index contributed by atoms with van der Waals surface area (Å²) in [5.41, 5.74) is 8.22. The Bertz CT molecular complexity index is 1510. The maximum Gasteiger partial charge on any atom is 0.0562 e. The fourth-order valence-corrected chi connectivity index (χ4v) is 4.51. The molecule has 1 aromatic heterocycles. The summed E-state index contributed by atoms with van der Waals surface area (Å²) in [4.78, 5) is 0. The Morgan fingerprint density at radius 1 is 0.469 bits per heavy atom. The van der Waals surface area contributed by atoms with Crippen molar-refractivity contribution in [2.45, 2.75) is 0 Å². The van der Waals surface area contributed by atoms with Gasteiger partial charge in [-0.2, -0.15) is 0 Å². The van der Waals surface area contributed by atoms with E-state index in [9.17, 15) is 0 Å². The molecule has 152 valence electrons. The first kappa shape index (κ1) is 18.5. The van der Waals surface area contributed by atoms with E-state index in [1.54, 1.807) is 0 Å². The molecule has 32 heavy (non-hydrogen) atoms. The Balaban J connectivity index is 1.53. The first-order valence-electron chi connectivity index (χ1n) is 10.9. The molecule has 5 aromatic carbocycles.